The Morgan fingerprint density at radius 1 is 1.17 bits per heavy atom. The van der Waals surface area contributed by atoms with Crippen molar-refractivity contribution in [3.05, 3.63) is 72.0 Å². The quantitative estimate of drug-likeness (QED) is 0.653. The Morgan fingerprint density at radius 3 is 2.79 bits per heavy atom. The van der Waals surface area contributed by atoms with E-state index in [4.69, 9.17) is 11.6 Å². The van der Waals surface area contributed by atoms with Crippen molar-refractivity contribution in [1.82, 2.24) is 9.55 Å². The number of nitrogens with zero attached hydrogens (tertiary/aromatic N) is 2. The second-order valence-electron chi connectivity index (χ2n) is 5.07. The summed E-state index contributed by atoms with van der Waals surface area (Å²) < 4.78 is 2.01. The maximum absolute atomic E-state index is 12.0. The van der Waals surface area contributed by atoms with E-state index in [0.29, 0.717) is 22.9 Å². The van der Waals surface area contributed by atoms with Crippen LogP contribution < -0.4 is 5.32 Å². The fraction of sp³-hybridized carbons (Fsp3) is 0.111. The standard InChI is InChI=1S/C18H16ClN3OS/c19-14-5-4-6-15(13-14)21-17(23)9-12-24-18-20-10-11-22(18)16-7-2-1-3-8-16/h1-8,10-11,13H,9,12H2,(H,21,23). The molecule has 1 heterocycles. The number of hydrogen-bond donors (Lipinski definition) is 1. The van der Waals surface area contributed by atoms with Gasteiger partial charge < -0.3 is 5.32 Å². The number of amides is 1. The molecule has 1 N–H and O–H groups in total. The number of carbonyl (C=O) groups is 1. The predicted molar refractivity (Wildman–Crippen MR) is 99.0 cm³/mol. The summed E-state index contributed by atoms with van der Waals surface area (Å²) in [7, 11) is 0. The molecule has 0 saturated carbocycles. The number of thioether (sulfide) groups is 1. The molecule has 122 valence electrons. The monoisotopic (exact) mass is 357 g/mol. The normalized spacial score (nSPS) is 10.5. The first kappa shape index (κ1) is 16.6. The Kier molecular flexibility index (Phi) is 5.56. The molecule has 0 unspecified atom stereocenters. The van der Waals surface area contributed by atoms with Crippen molar-refractivity contribution in [2.45, 2.75) is 11.6 Å². The number of nitrogens with one attached hydrogen (secondary N) is 1. The molecular formula is C18H16ClN3OS. The number of imidazole rings is 1. The van der Waals surface area contributed by atoms with Gasteiger partial charge in [0.25, 0.3) is 0 Å². The highest BCUT2D eigenvalue weighted by Crippen LogP contribution is 2.21. The first-order valence-electron chi connectivity index (χ1n) is 7.49. The van der Waals surface area contributed by atoms with Gasteiger partial charge in [-0.3, -0.25) is 9.36 Å². The van der Waals surface area contributed by atoms with Crippen molar-refractivity contribution < 1.29 is 4.79 Å². The van der Waals surface area contributed by atoms with Gasteiger partial charge >= 0.3 is 0 Å². The number of rotatable bonds is 6. The van der Waals surface area contributed by atoms with Gasteiger partial charge in [-0.1, -0.05) is 47.6 Å². The van der Waals surface area contributed by atoms with Crippen LogP contribution in [0.5, 0.6) is 0 Å². The first-order valence-corrected chi connectivity index (χ1v) is 8.86. The molecular weight excluding hydrogens is 342 g/mol. The minimum atomic E-state index is -0.0393. The smallest absolute Gasteiger partial charge is 0.225 e. The van der Waals surface area contributed by atoms with E-state index in [1.165, 1.54) is 0 Å². The highest BCUT2D eigenvalue weighted by molar-refractivity contribution is 7.99. The maximum atomic E-state index is 12.0. The lowest BCUT2D eigenvalue weighted by Crippen LogP contribution is -2.12. The third-order valence-corrected chi connectivity index (χ3v) is 4.51. The summed E-state index contributed by atoms with van der Waals surface area (Å²) in [5.41, 5.74) is 1.77. The number of anilines is 1. The van der Waals surface area contributed by atoms with Crippen LogP contribution in [0.25, 0.3) is 5.69 Å². The molecule has 0 aliphatic heterocycles. The van der Waals surface area contributed by atoms with E-state index >= 15 is 0 Å². The largest absolute Gasteiger partial charge is 0.326 e. The first-order chi connectivity index (χ1) is 11.7. The number of benzene rings is 2. The van der Waals surface area contributed by atoms with Crippen molar-refractivity contribution in [3.8, 4) is 5.69 Å². The summed E-state index contributed by atoms with van der Waals surface area (Å²) in [4.78, 5) is 16.4. The Balaban J connectivity index is 1.54. The zero-order valence-electron chi connectivity index (χ0n) is 12.9. The minimum absolute atomic E-state index is 0.0393. The molecule has 1 aromatic heterocycles. The Morgan fingerprint density at radius 2 is 2.00 bits per heavy atom. The van der Waals surface area contributed by atoms with Crippen molar-refractivity contribution >= 4 is 35.0 Å². The van der Waals surface area contributed by atoms with Gasteiger partial charge in [-0.15, -0.1) is 0 Å². The zero-order valence-corrected chi connectivity index (χ0v) is 14.4. The molecule has 0 fully saturated rings. The van der Waals surface area contributed by atoms with Crippen LogP contribution in [0.1, 0.15) is 6.42 Å². The van der Waals surface area contributed by atoms with Crippen LogP contribution in [0.2, 0.25) is 5.02 Å². The van der Waals surface area contributed by atoms with Gasteiger partial charge in [-0.25, -0.2) is 4.98 Å². The SMILES string of the molecule is O=C(CCSc1nccn1-c1ccccc1)Nc1cccc(Cl)c1. The van der Waals surface area contributed by atoms with E-state index in [-0.39, 0.29) is 5.91 Å². The van der Waals surface area contributed by atoms with E-state index in [9.17, 15) is 4.79 Å². The Labute approximate surface area is 149 Å². The third-order valence-electron chi connectivity index (χ3n) is 3.31. The van der Waals surface area contributed by atoms with Crippen LogP contribution in [-0.2, 0) is 4.79 Å². The lowest BCUT2D eigenvalue weighted by molar-refractivity contribution is -0.115. The van der Waals surface area contributed by atoms with E-state index in [1.807, 2.05) is 53.2 Å². The molecule has 1 amide bonds. The van der Waals surface area contributed by atoms with Crippen LogP contribution in [0.15, 0.2) is 72.1 Å². The summed E-state index contributed by atoms with van der Waals surface area (Å²) in [6, 6.07) is 17.1. The zero-order chi connectivity index (χ0) is 16.8. The lowest BCUT2D eigenvalue weighted by atomic mass is 10.3. The number of aromatic nitrogens is 2. The average molecular weight is 358 g/mol. The molecule has 0 saturated heterocycles. The molecule has 24 heavy (non-hydrogen) atoms. The van der Waals surface area contributed by atoms with Crippen LogP contribution in [0, 0.1) is 0 Å². The Bertz CT molecular complexity index is 820. The van der Waals surface area contributed by atoms with E-state index < -0.39 is 0 Å². The van der Waals surface area contributed by atoms with Crippen LogP contribution in [-0.4, -0.2) is 21.2 Å². The third kappa shape index (κ3) is 4.40. The van der Waals surface area contributed by atoms with Crippen molar-refractivity contribution in [2.24, 2.45) is 0 Å². The van der Waals surface area contributed by atoms with Crippen molar-refractivity contribution in [1.29, 1.82) is 0 Å². The van der Waals surface area contributed by atoms with Gasteiger partial charge in [0.1, 0.15) is 0 Å². The molecule has 3 aromatic rings. The van der Waals surface area contributed by atoms with Gasteiger partial charge in [-0.05, 0) is 30.3 Å². The summed E-state index contributed by atoms with van der Waals surface area (Å²) in [6.07, 6.45) is 4.09. The molecule has 0 aliphatic rings. The lowest BCUT2D eigenvalue weighted by Gasteiger charge is -2.08. The van der Waals surface area contributed by atoms with Crippen molar-refractivity contribution in [2.75, 3.05) is 11.1 Å². The summed E-state index contributed by atoms with van der Waals surface area (Å²) >= 11 is 7.46. The molecule has 0 spiro atoms. The van der Waals surface area contributed by atoms with Crippen LogP contribution in [0.3, 0.4) is 0 Å². The number of hydrogen-bond acceptors (Lipinski definition) is 3. The highest BCUT2D eigenvalue weighted by Gasteiger charge is 2.08. The summed E-state index contributed by atoms with van der Waals surface area (Å²) in [5.74, 6) is 0.610. The van der Waals surface area contributed by atoms with E-state index in [2.05, 4.69) is 10.3 Å². The fourth-order valence-electron chi connectivity index (χ4n) is 2.21. The summed E-state index contributed by atoms with van der Waals surface area (Å²) in [5, 5.41) is 4.32. The predicted octanol–water partition coefficient (Wildman–Crippen LogP) is 4.65. The van der Waals surface area contributed by atoms with Gasteiger partial charge in [0.2, 0.25) is 5.91 Å². The van der Waals surface area contributed by atoms with E-state index in [0.717, 1.165) is 10.8 Å². The minimum Gasteiger partial charge on any atom is -0.326 e. The molecule has 3 rings (SSSR count). The summed E-state index contributed by atoms with van der Waals surface area (Å²) in [6.45, 7) is 0. The van der Waals surface area contributed by atoms with Gasteiger partial charge in [-0.2, -0.15) is 0 Å². The highest BCUT2D eigenvalue weighted by atomic mass is 35.5. The Hall–Kier alpha value is -2.24. The molecule has 0 aliphatic carbocycles. The van der Waals surface area contributed by atoms with Gasteiger partial charge in [0, 0.05) is 41.0 Å². The number of carbonyl (C=O) groups excluding carboxylic acids is 1. The van der Waals surface area contributed by atoms with Gasteiger partial charge in [0.05, 0.1) is 0 Å². The molecule has 0 bridgehead atoms. The maximum Gasteiger partial charge on any atom is 0.225 e. The molecule has 6 heteroatoms. The fourth-order valence-corrected chi connectivity index (χ4v) is 3.31. The molecule has 4 nitrogen and oxygen atoms in total. The van der Waals surface area contributed by atoms with E-state index in [1.54, 1.807) is 30.1 Å². The topological polar surface area (TPSA) is 46.9 Å². The molecule has 0 atom stereocenters. The second-order valence-corrected chi connectivity index (χ2v) is 6.57. The van der Waals surface area contributed by atoms with Crippen LogP contribution in [0.4, 0.5) is 5.69 Å². The van der Waals surface area contributed by atoms with Crippen LogP contribution >= 0.6 is 23.4 Å². The molecule has 2 aromatic carbocycles. The number of para-hydroxylation sites is 1. The van der Waals surface area contributed by atoms with Gasteiger partial charge in [0.15, 0.2) is 5.16 Å². The van der Waals surface area contributed by atoms with Crippen molar-refractivity contribution in [3.63, 3.8) is 0 Å². The molecule has 0 radical (unpaired) electrons. The second kappa shape index (κ2) is 8.04. The average Bonchev–Trinajstić information content (AvgIpc) is 3.04. The number of halogens is 1.